The van der Waals surface area contributed by atoms with E-state index in [9.17, 15) is 0 Å². The number of ether oxygens (including phenoxy) is 2. The average molecular weight is 440 g/mol. The van der Waals surface area contributed by atoms with Gasteiger partial charge in [0.25, 0.3) is 0 Å². The molecular weight excluding hydrogens is 410 g/mol. The average Bonchev–Trinajstić information content (AvgIpc) is 2.88. The van der Waals surface area contributed by atoms with Crippen molar-refractivity contribution in [1.82, 2.24) is 9.88 Å². The Kier molecular flexibility index (Phi) is 6.51. The summed E-state index contributed by atoms with van der Waals surface area (Å²) in [7, 11) is 1.68. The summed E-state index contributed by atoms with van der Waals surface area (Å²) in [4.78, 5) is 7.33. The molecule has 1 aliphatic rings. The molecule has 0 radical (unpaired) electrons. The van der Waals surface area contributed by atoms with Crippen LogP contribution in [0, 0.1) is 0 Å². The highest BCUT2D eigenvalue weighted by molar-refractivity contribution is 5.93. The molecular formula is C28H29N3O2. The number of pyridine rings is 1. The van der Waals surface area contributed by atoms with E-state index in [1.165, 1.54) is 11.1 Å². The van der Waals surface area contributed by atoms with Gasteiger partial charge in [0.15, 0.2) is 0 Å². The van der Waals surface area contributed by atoms with E-state index < -0.39 is 0 Å². The fourth-order valence-corrected chi connectivity index (χ4v) is 4.21. The van der Waals surface area contributed by atoms with Crippen molar-refractivity contribution in [3.05, 3.63) is 90.0 Å². The van der Waals surface area contributed by atoms with Crippen molar-refractivity contribution in [2.24, 2.45) is 0 Å². The molecule has 0 saturated carbocycles. The number of para-hydroxylation sites is 1. The van der Waals surface area contributed by atoms with Crippen molar-refractivity contribution in [2.45, 2.75) is 13.1 Å². The van der Waals surface area contributed by atoms with E-state index in [0.29, 0.717) is 0 Å². The van der Waals surface area contributed by atoms with Crippen molar-refractivity contribution in [3.8, 4) is 17.0 Å². The minimum absolute atomic E-state index is 0.758. The maximum Gasteiger partial charge on any atom is 0.118 e. The number of methoxy groups -OCH3 is 1. The van der Waals surface area contributed by atoms with Gasteiger partial charge in [0.1, 0.15) is 5.75 Å². The van der Waals surface area contributed by atoms with Crippen LogP contribution in [0.1, 0.15) is 11.1 Å². The Balaban J connectivity index is 1.33. The standard InChI is InChI=1S/C28H29N3O2/c1-32-24-12-10-23(11-13-24)27-18-28(25-4-2-3-5-26(25)30-27)29-19-21-6-8-22(9-7-21)20-31-14-16-33-17-15-31/h2-13,18H,14-17,19-20H2,1H3,(H,29,30). The van der Waals surface area contributed by atoms with Gasteiger partial charge in [-0.25, -0.2) is 4.98 Å². The molecule has 1 aromatic heterocycles. The lowest BCUT2D eigenvalue weighted by molar-refractivity contribution is 0.0342. The smallest absolute Gasteiger partial charge is 0.118 e. The van der Waals surface area contributed by atoms with Gasteiger partial charge in [-0.2, -0.15) is 0 Å². The molecule has 2 heterocycles. The maximum absolute atomic E-state index is 5.45. The van der Waals surface area contributed by atoms with E-state index in [4.69, 9.17) is 14.5 Å². The first-order valence-electron chi connectivity index (χ1n) is 11.4. The Bertz CT molecular complexity index is 1200. The molecule has 3 aromatic carbocycles. The Labute approximate surface area is 195 Å². The predicted octanol–water partition coefficient (Wildman–Crippen LogP) is 5.35. The number of nitrogens with zero attached hydrogens (tertiary/aromatic N) is 2. The van der Waals surface area contributed by atoms with Gasteiger partial charge in [0.05, 0.1) is 31.5 Å². The number of rotatable bonds is 7. The van der Waals surface area contributed by atoms with E-state index in [0.717, 1.165) is 73.0 Å². The van der Waals surface area contributed by atoms with Gasteiger partial charge in [-0.3, -0.25) is 4.90 Å². The molecule has 1 aliphatic heterocycles. The second kappa shape index (κ2) is 10.0. The Morgan fingerprint density at radius 2 is 1.64 bits per heavy atom. The summed E-state index contributed by atoms with van der Waals surface area (Å²) in [5.41, 5.74) is 6.68. The third-order valence-electron chi connectivity index (χ3n) is 6.12. The summed E-state index contributed by atoms with van der Waals surface area (Å²) in [6.45, 7) is 5.43. The Hall–Kier alpha value is -3.41. The quantitative estimate of drug-likeness (QED) is 0.420. The fraction of sp³-hybridized carbons (Fsp3) is 0.250. The van der Waals surface area contributed by atoms with Crippen LogP contribution in [-0.2, 0) is 17.8 Å². The minimum atomic E-state index is 0.758. The van der Waals surface area contributed by atoms with E-state index in [1.807, 2.05) is 30.3 Å². The van der Waals surface area contributed by atoms with Crippen LogP contribution in [0.15, 0.2) is 78.9 Å². The highest BCUT2D eigenvalue weighted by Gasteiger charge is 2.11. The zero-order valence-corrected chi connectivity index (χ0v) is 19.0. The number of aromatic nitrogens is 1. The second-order valence-electron chi connectivity index (χ2n) is 8.36. The maximum atomic E-state index is 5.45. The summed E-state index contributed by atoms with van der Waals surface area (Å²) in [5.74, 6) is 0.843. The van der Waals surface area contributed by atoms with Gasteiger partial charge in [-0.15, -0.1) is 0 Å². The van der Waals surface area contributed by atoms with E-state index >= 15 is 0 Å². The van der Waals surface area contributed by atoms with Crippen LogP contribution < -0.4 is 10.1 Å². The van der Waals surface area contributed by atoms with Crippen LogP contribution in [0.25, 0.3) is 22.2 Å². The van der Waals surface area contributed by atoms with Crippen molar-refractivity contribution in [2.75, 3.05) is 38.7 Å². The monoisotopic (exact) mass is 439 g/mol. The minimum Gasteiger partial charge on any atom is -0.497 e. The lowest BCUT2D eigenvalue weighted by Gasteiger charge is -2.26. The molecule has 5 rings (SSSR count). The van der Waals surface area contributed by atoms with Crippen molar-refractivity contribution >= 4 is 16.6 Å². The van der Waals surface area contributed by atoms with E-state index in [-0.39, 0.29) is 0 Å². The highest BCUT2D eigenvalue weighted by Crippen LogP contribution is 2.29. The SMILES string of the molecule is COc1ccc(-c2cc(NCc3ccc(CN4CCOCC4)cc3)c3ccccc3n2)cc1. The number of hydrogen-bond acceptors (Lipinski definition) is 5. The molecule has 4 aromatic rings. The fourth-order valence-electron chi connectivity index (χ4n) is 4.21. The molecule has 0 unspecified atom stereocenters. The molecule has 5 nitrogen and oxygen atoms in total. The Morgan fingerprint density at radius 3 is 2.39 bits per heavy atom. The highest BCUT2D eigenvalue weighted by atomic mass is 16.5. The molecule has 0 amide bonds. The van der Waals surface area contributed by atoms with Gasteiger partial charge in [0, 0.05) is 42.8 Å². The zero-order valence-electron chi connectivity index (χ0n) is 19.0. The number of morpholine rings is 1. The lowest BCUT2D eigenvalue weighted by atomic mass is 10.1. The summed E-state index contributed by atoms with van der Waals surface area (Å²) < 4.78 is 10.7. The Morgan fingerprint density at radius 1 is 0.909 bits per heavy atom. The van der Waals surface area contributed by atoms with Gasteiger partial charge in [0.2, 0.25) is 0 Å². The molecule has 1 saturated heterocycles. The normalized spacial score (nSPS) is 14.3. The number of hydrogen-bond donors (Lipinski definition) is 1. The van der Waals surface area contributed by atoms with E-state index in [2.05, 4.69) is 58.7 Å². The summed E-state index contributed by atoms with van der Waals surface area (Å²) in [5, 5.41) is 4.77. The van der Waals surface area contributed by atoms with Crippen molar-refractivity contribution < 1.29 is 9.47 Å². The third kappa shape index (κ3) is 5.16. The summed E-state index contributed by atoms with van der Waals surface area (Å²) in [6, 6.07) is 27.4. The number of nitrogens with one attached hydrogen (secondary N) is 1. The van der Waals surface area contributed by atoms with Crippen LogP contribution in [0.5, 0.6) is 5.75 Å². The van der Waals surface area contributed by atoms with Crippen LogP contribution in [0.3, 0.4) is 0 Å². The van der Waals surface area contributed by atoms with Gasteiger partial charge in [-0.1, -0.05) is 42.5 Å². The van der Waals surface area contributed by atoms with Crippen LogP contribution in [0.4, 0.5) is 5.69 Å². The molecule has 0 aliphatic carbocycles. The topological polar surface area (TPSA) is 46.6 Å². The number of anilines is 1. The lowest BCUT2D eigenvalue weighted by Crippen LogP contribution is -2.35. The molecule has 0 bridgehead atoms. The third-order valence-corrected chi connectivity index (χ3v) is 6.12. The van der Waals surface area contributed by atoms with Crippen molar-refractivity contribution in [3.63, 3.8) is 0 Å². The molecule has 33 heavy (non-hydrogen) atoms. The zero-order chi connectivity index (χ0) is 22.5. The number of fused-ring (bicyclic) bond motifs is 1. The first kappa shape index (κ1) is 21.4. The molecule has 168 valence electrons. The summed E-state index contributed by atoms with van der Waals surface area (Å²) in [6.07, 6.45) is 0. The molecule has 1 N–H and O–H groups in total. The van der Waals surface area contributed by atoms with Crippen LogP contribution in [-0.4, -0.2) is 43.3 Å². The van der Waals surface area contributed by atoms with Gasteiger partial charge in [-0.05, 0) is 47.5 Å². The first-order chi connectivity index (χ1) is 16.3. The van der Waals surface area contributed by atoms with Gasteiger partial charge >= 0.3 is 0 Å². The predicted molar refractivity (Wildman–Crippen MR) is 134 cm³/mol. The van der Waals surface area contributed by atoms with E-state index in [1.54, 1.807) is 7.11 Å². The van der Waals surface area contributed by atoms with Crippen molar-refractivity contribution in [1.29, 1.82) is 0 Å². The van der Waals surface area contributed by atoms with Crippen LogP contribution >= 0.6 is 0 Å². The summed E-state index contributed by atoms with van der Waals surface area (Å²) >= 11 is 0. The molecule has 0 spiro atoms. The molecule has 0 atom stereocenters. The largest absolute Gasteiger partial charge is 0.497 e. The molecule has 1 fully saturated rings. The van der Waals surface area contributed by atoms with Crippen LogP contribution in [0.2, 0.25) is 0 Å². The second-order valence-corrected chi connectivity index (χ2v) is 8.36. The number of benzene rings is 3. The van der Waals surface area contributed by atoms with Gasteiger partial charge < -0.3 is 14.8 Å². The first-order valence-corrected chi connectivity index (χ1v) is 11.4. The molecule has 5 heteroatoms.